The fourth-order valence-corrected chi connectivity index (χ4v) is 0.767. The van der Waals surface area contributed by atoms with Crippen LogP contribution in [0.15, 0.2) is 0 Å². The third-order valence-corrected chi connectivity index (χ3v) is 1.57. The molecule has 0 bridgehead atoms. The van der Waals surface area contributed by atoms with Crippen molar-refractivity contribution in [2.45, 2.75) is 31.8 Å². The number of carboxylic acids is 1. The van der Waals surface area contributed by atoms with Crippen LogP contribution in [0.4, 0.5) is 0 Å². The second kappa shape index (κ2) is 6.09. The first kappa shape index (κ1) is 12.6. The van der Waals surface area contributed by atoms with Crippen molar-refractivity contribution in [3.05, 3.63) is 0 Å². The van der Waals surface area contributed by atoms with E-state index in [2.05, 4.69) is 5.32 Å². The van der Waals surface area contributed by atoms with E-state index in [1.165, 1.54) is 6.92 Å². The minimum Gasteiger partial charge on any atom is -0.481 e. The maximum absolute atomic E-state index is 11.0. The SMILES string of the molecule is C[C@@H](N)C(=O)N[C@@H](C=O)CCC(=O)O. The van der Waals surface area contributed by atoms with Crippen LogP contribution in [0.5, 0.6) is 0 Å². The van der Waals surface area contributed by atoms with Gasteiger partial charge in [-0.15, -0.1) is 0 Å². The Labute approximate surface area is 81.5 Å². The number of aliphatic carboxylic acids is 1. The summed E-state index contributed by atoms with van der Waals surface area (Å²) in [5, 5.41) is 10.7. The molecular weight excluding hydrogens is 188 g/mol. The third kappa shape index (κ3) is 5.26. The van der Waals surface area contributed by atoms with Crippen LogP contribution in [0, 0.1) is 0 Å². The van der Waals surface area contributed by atoms with Gasteiger partial charge in [0.25, 0.3) is 0 Å². The Bertz CT molecular complexity index is 227. The molecule has 0 aromatic carbocycles. The number of rotatable bonds is 6. The molecule has 0 spiro atoms. The molecule has 6 heteroatoms. The number of hydrogen-bond donors (Lipinski definition) is 3. The second-order valence-corrected chi connectivity index (χ2v) is 2.97. The molecule has 1 amide bonds. The van der Waals surface area contributed by atoms with Crippen molar-refractivity contribution >= 4 is 18.2 Å². The Morgan fingerprint density at radius 2 is 2.14 bits per heavy atom. The van der Waals surface area contributed by atoms with Crippen LogP contribution in [0.3, 0.4) is 0 Å². The second-order valence-electron chi connectivity index (χ2n) is 2.97. The molecule has 2 atom stereocenters. The number of nitrogens with one attached hydrogen (secondary N) is 1. The average molecular weight is 202 g/mol. The quantitative estimate of drug-likeness (QED) is 0.473. The van der Waals surface area contributed by atoms with Gasteiger partial charge in [-0.25, -0.2) is 0 Å². The molecule has 14 heavy (non-hydrogen) atoms. The summed E-state index contributed by atoms with van der Waals surface area (Å²) in [5.41, 5.74) is 5.25. The molecule has 0 aromatic heterocycles. The summed E-state index contributed by atoms with van der Waals surface area (Å²) in [6, 6.07) is -1.48. The van der Waals surface area contributed by atoms with Crippen LogP contribution < -0.4 is 11.1 Å². The molecule has 80 valence electrons. The van der Waals surface area contributed by atoms with Gasteiger partial charge in [0.1, 0.15) is 6.29 Å². The fourth-order valence-electron chi connectivity index (χ4n) is 0.767. The molecule has 6 nitrogen and oxygen atoms in total. The molecule has 0 aliphatic carbocycles. The van der Waals surface area contributed by atoms with Crippen molar-refractivity contribution in [3.8, 4) is 0 Å². The summed E-state index contributed by atoms with van der Waals surface area (Å²) in [6.45, 7) is 1.48. The Hall–Kier alpha value is -1.43. The maximum Gasteiger partial charge on any atom is 0.303 e. The number of amides is 1. The minimum atomic E-state index is -1.01. The summed E-state index contributed by atoms with van der Waals surface area (Å²) >= 11 is 0. The Morgan fingerprint density at radius 1 is 1.57 bits per heavy atom. The summed E-state index contributed by atoms with van der Waals surface area (Å²) in [5.74, 6) is -1.47. The zero-order valence-electron chi connectivity index (χ0n) is 7.90. The molecule has 0 unspecified atom stereocenters. The number of aldehydes is 1. The van der Waals surface area contributed by atoms with Gasteiger partial charge >= 0.3 is 5.97 Å². The highest BCUT2D eigenvalue weighted by Gasteiger charge is 2.14. The topological polar surface area (TPSA) is 109 Å². The molecule has 0 aliphatic heterocycles. The zero-order chi connectivity index (χ0) is 11.1. The van der Waals surface area contributed by atoms with Crippen molar-refractivity contribution < 1.29 is 19.5 Å². The first-order valence-corrected chi connectivity index (χ1v) is 4.20. The van der Waals surface area contributed by atoms with E-state index < -0.39 is 24.0 Å². The molecule has 4 N–H and O–H groups in total. The van der Waals surface area contributed by atoms with Crippen LogP contribution >= 0.6 is 0 Å². The van der Waals surface area contributed by atoms with E-state index in [4.69, 9.17) is 10.8 Å². The molecule has 0 saturated carbocycles. The highest BCUT2D eigenvalue weighted by molar-refractivity contribution is 5.83. The molecular formula is C8H14N2O4. The van der Waals surface area contributed by atoms with E-state index in [0.29, 0.717) is 6.29 Å². The van der Waals surface area contributed by atoms with Crippen LogP contribution in [0.2, 0.25) is 0 Å². The highest BCUT2D eigenvalue weighted by Crippen LogP contribution is 1.95. The Morgan fingerprint density at radius 3 is 2.50 bits per heavy atom. The lowest BCUT2D eigenvalue weighted by Gasteiger charge is -2.13. The number of nitrogens with two attached hydrogens (primary N) is 1. The van der Waals surface area contributed by atoms with Crippen molar-refractivity contribution in [2.75, 3.05) is 0 Å². The highest BCUT2D eigenvalue weighted by atomic mass is 16.4. The van der Waals surface area contributed by atoms with E-state index in [1.807, 2.05) is 0 Å². The molecule has 0 rings (SSSR count). The number of carbonyl (C=O) groups is 3. The Kier molecular flexibility index (Phi) is 5.47. The van der Waals surface area contributed by atoms with Crippen molar-refractivity contribution in [1.29, 1.82) is 0 Å². The molecule has 0 aliphatic rings. The number of carbonyl (C=O) groups excluding carboxylic acids is 2. The van der Waals surface area contributed by atoms with Gasteiger partial charge in [0.2, 0.25) is 5.91 Å². The fraction of sp³-hybridized carbons (Fsp3) is 0.625. The van der Waals surface area contributed by atoms with Gasteiger partial charge in [-0.05, 0) is 13.3 Å². The summed E-state index contributed by atoms with van der Waals surface area (Å²) in [7, 11) is 0. The normalized spacial score (nSPS) is 14.1. The average Bonchev–Trinajstić information content (AvgIpc) is 2.11. The summed E-state index contributed by atoms with van der Waals surface area (Å²) in [4.78, 5) is 31.6. The van der Waals surface area contributed by atoms with Gasteiger partial charge in [0.05, 0.1) is 12.1 Å². The molecule has 0 heterocycles. The summed E-state index contributed by atoms with van der Waals surface area (Å²) in [6.07, 6.45) is 0.420. The molecule has 0 fully saturated rings. The Balaban J connectivity index is 3.96. The summed E-state index contributed by atoms with van der Waals surface area (Å²) < 4.78 is 0. The van der Waals surface area contributed by atoms with Crippen LogP contribution in [-0.4, -0.2) is 35.4 Å². The van der Waals surface area contributed by atoms with Gasteiger partial charge in [0.15, 0.2) is 0 Å². The van der Waals surface area contributed by atoms with Crippen molar-refractivity contribution in [2.24, 2.45) is 5.73 Å². The lowest BCUT2D eigenvalue weighted by molar-refractivity contribution is -0.137. The molecule has 0 radical (unpaired) electrons. The van der Waals surface area contributed by atoms with Crippen molar-refractivity contribution in [3.63, 3.8) is 0 Å². The lowest BCUT2D eigenvalue weighted by atomic mass is 10.1. The van der Waals surface area contributed by atoms with Crippen molar-refractivity contribution in [1.82, 2.24) is 5.32 Å². The predicted octanol–water partition coefficient (Wildman–Crippen LogP) is -1.12. The lowest BCUT2D eigenvalue weighted by Crippen LogP contribution is -2.44. The van der Waals surface area contributed by atoms with E-state index in [0.717, 1.165) is 0 Å². The van der Waals surface area contributed by atoms with E-state index in [1.54, 1.807) is 0 Å². The molecule has 0 saturated heterocycles. The minimum absolute atomic E-state index is 0.0806. The smallest absolute Gasteiger partial charge is 0.303 e. The van der Waals surface area contributed by atoms with E-state index >= 15 is 0 Å². The maximum atomic E-state index is 11.0. The number of carboxylic acid groups (broad SMARTS) is 1. The first-order chi connectivity index (χ1) is 6.47. The largest absolute Gasteiger partial charge is 0.481 e. The van der Waals surface area contributed by atoms with Crippen LogP contribution in [0.1, 0.15) is 19.8 Å². The van der Waals surface area contributed by atoms with Crippen LogP contribution in [0.25, 0.3) is 0 Å². The van der Waals surface area contributed by atoms with E-state index in [9.17, 15) is 14.4 Å². The van der Waals surface area contributed by atoms with Gasteiger partial charge in [-0.1, -0.05) is 0 Å². The standard InChI is InChI=1S/C8H14N2O4/c1-5(9)8(14)10-6(4-11)2-3-7(12)13/h4-6H,2-3,9H2,1H3,(H,10,14)(H,12,13)/t5-,6-/m1/s1. The van der Waals surface area contributed by atoms with Gasteiger partial charge in [0, 0.05) is 6.42 Å². The molecule has 0 aromatic rings. The monoisotopic (exact) mass is 202 g/mol. The van der Waals surface area contributed by atoms with Crippen LogP contribution in [-0.2, 0) is 14.4 Å². The first-order valence-electron chi connectivity index (χ1n) is 4.20. The van der Waals surface area contributed by atoms with Gasteiger partial charge in [-0.2, -0.15) is 0 Å². The van der Waals surface area contributed by atoms with E-state index in [-0.39, 0.29) is 12.8 Å². The van der Waals surface area contributed by atoms with Gasteiger partial charge in [-0.3, -0.25) is 9.59 Å². The predicted molar refractivity (Wildman–Crippen MR) is 48.5 cm³/mol. The van der Waals surface area contributed by atoms with Gasteiger partial charge < -0.3 is 21.0 Å². The third-order valence-electron chi connectivity index (χ3n) is 1.57. The number of hydrogen-bond acceptors (Lipinski definition) is 4. The zero-order valence-corrected chi connectivity index (χ0v) is 7.90.